The highest BCUT2D eigenvalue weighted by atomic mass is 16.7. The lowest BCUT2D eigenvalue weighted by atomic mass is 9.98. The monoisotopic (exact) mass is 174 g/mol. The van der Waals surface area contributed by atoms with Crippen molar-refractivity contribution in [1.82, 2.24) is 0 Å². The first-order valence-electron chi connectivity index (χ1n) is 4.35. The van der Waals surface area contributed by atoms with Crippen LogP contribution in [0.1, 0.15) is 34.1 Å². The quantitative estimate of drug-likeness (QED) is 0.651. The minimum Gasteiger partial charge on any atom is -0.388 e. The molecular formula is C9H18O3. The zero-order valence-electron chi connectivity index (χ0n) is 8.26. The van der Waals surface area contributed by atoms with E-state index >= 15 is 0 Å². The molecule has 72 valence electrons. The average molecular weight is 174 g/mol. The Morgan fingerprint density at radius 1 is 1.42 bits per heavy atom. The zero-order valence-corrected chi connectivity index (χ0v) is 8.26. The van der Waals surface area contributed by atoms with Crippen LogP contribution in [0.4, 0.5) is 0 Å². The first kappa shape index (κ1) is 9.96. The fourth-order valence-electron chi connectivity index (χ4n) is 1.34. The van der Waals surface area contributed by atoms with E-state index in [1.54, 1.807) is 13.8 Å². The second-order valence-electron chi connectivity index (χ2n) is 4.30. The molecular weight excluding hydrogens is 156 g/mol. The predicted molar refractivity (Wildman–Crippen MR) is 45.8 cm³/mol. The van der Waals surface area contributed by atoms with Gasteiger partial charge in [-0.3, -0.25) is 0 Å². The average Bonchev–Trinajstić information content (AvgIpc) is 1.83. The van der Waals surface area contributed by atoms with E-state index in [-0.39, 0.29) is 6.10 Å². The van der Waals surface area contributed by atoms with Gasteiger partial charge in [-0.2, -0.15) is 0 Å². The van der Waals surface area contributed by atoms with E-state index in [1.165, 1.54) is 0 Å². The van der Waals surface area contributed by atoms with E-state index < -0.39 is 11.4 Å². The molecule has 0 aromatic rings. The van der Waals surface area contributed by atoms with Gasteiger partial charge >= 0.3 is 0 Å². The molecule has 0 aromatic carbocycles. The van der Waals surface area contributed by atoms with Crippen LogP contribution in [-0.2, 0) is 9.47 Å². The summed E-state index contributed by atoms with van der Waals surface area (Å²) in [6.07, 6.45) is 0.633. The molecule has 1 heterocycles. The van der Waals surface area contributed by atoms with Crippen molar-refractivity contribution in [2.24, 2.45) is 0 Å². The summed E-state index contributed by atoms with van der Waals surface area (Å²) in [5, 5.41) is 9.69. The molecule has 1 rings (SSSR count). The summed E-state index contributed by atoms with van der Waals surface area (Å²) in [5.41, 5.74) is -0.777. The molecule has 0 aliphatic carbocycles. The molecule has 3 heteroatoms. The van der Waals surface area contributed by atoms with Gasteiger partial charge in [-0.15, -0.1) is 0 Å². The molecule has 0 aromatic heterocycles. The minimum absolute atomic E-state index is 0.124. The van der Waals surface area contributed by atoms with E-state index in [1.807, 2.05) is 13.8 Å². The van der Waals surface area contributed by atoms with Gasteiger partial charge in [0.15, 0.2) is 5.79 Å². The largest absolute Gasteiger partial charge is 0.388 e. The molecule has 0 bridgehead atoms. The van der Waals surface area contributed by atoms with Crippen LogP contribution in [-0.4, -0.2) is 29.2 Å². The Kier molecular flexibility index (Phi) is 2.47. The summed E-state index contributed by atoms with van der Waals surface area (Å²) < 4.78 is 10.9. The van der Waals surface area contributed by atoms with Crippen molar-refractivity contribution in [2.45, 2.75) is 51.6 Å². The normalized spacial score (nSPS) is 30.2. The molecule has 3 nitrogen and oxygen atoms in total. The molecule has 0 unspecified atom stereocenters. The summed E-state index contributed by atoms with van der Waals surface area (Å²) in [6.45, 7) is 7.91. The molecule has 0 radical (unpaired) electrons. The van der Waals surface area contributed by atoms with Crippen molar-refractivity contribution in [1.29, 1.82) is 0 Å². The predicted octanol–water partition coefficient (Wildman–Crippen LogP) is 1.30. The Balaban J connectivity index is 2.58. The smallest absolute Gasteiger partial charge is 0.163 e. The maximum absolute atomic E-state index is 9.69. The zero-order chi connectivity index (χ0) is 9.41. The molecule has 1 saturated heterocycles. The molecule has 1 atom stereocenters. The Labute approximate surface area is 73.7 Å². The summed E-state index contributed by atoms with van der Waals surface area (Å²) >= 11 is 0. The number of aliphatic hydroxyl groups is 1. The van der Waals surface area contributed by atoms with E-state index in [4.69, 9.17) is 9.47 Å². The number of rotatable bonds is 1. The Morgan fingerprint density at radius 2 is 2.00 bits per heavy atom. The van der Waals surface area contributed by atoms with Gasteiger partial charge in [-0.1, -0.05) is 0 Å². The van der Waals surface area contributed by atoms with E-state index in [9.17, 15) is 5.11 Å². The topological polar surface area (TPSA) is 38.7 Å². The first-order chi connectivity index (χ1) is 5.31. The highest BCUT2D eigenvalue weighted by Crippen LogP contribution is 2.27. The number of hydrogen-bond donors (Lipinski definition) is 1. The van der Waals surface area contributed by atoms with E-state index in [0.717, 1.165) is 6.42 Å². The van der Waals surface area contributed by atoms with Crippen molar-refractivity contribution in [3.8, 4) is 0 Å². The summed E-state index contributed by atoms with van der Waals surface area (Å²) in [4.78, 5) is 0. The van der Waals surface area contributed by atoms with Crippen LogP contribution >= 0.6 is 0 Å². The Morgan fingerprint density at radius 3 is 2.33 bits per heavy atom. The minimum atomic E-state index is -0.777. The molecule has 0 amide bonds. The molecule has 12 heavy (non-hydrogen) atoms. The first-order valence-corrected chi connectivity index (χ1v) is 4.35. The van der Waals surface area contributed by atoms with Gasteiger partial charge in [0, 0.05) is 0 Å². The third-order valence-electron chi connectivity index (χ3n) is 2.04. The lowest BCUT2D eigenvalue weighted by molar-refractivity contribution is -0.299. The third kappa shape index (κ3) is 2.44. The van der Waals surface area contributed by atoms with Crippen LogP contribution < -0.4 is 0 Å². The van der Waals surface area contributed by atoms with Crippen molar-refractivity contribution in [2.75, 3.05) is 6.61 Å². The maximum Gasteiger partial charge on any atom is 0.163 e. The van der Waals surface area contributed by atoms with Gasteiger partial charge in [0.1, 0.15) is 0 Å². The van der Waals surface area contributed by atoms with Gasteiger partial charge in [-0.25, -0.2) is 0 Å². The molecule has 1 fully saturated rings. The van der Waals surface area contributed by atoms with Gasteiger partial charge in [0.2, 0.25) is 0 Å². The maximum atomic E-state index is 9.69. The van der Waals surface area contributed by atoms with Gasteiger partial charge in [-0.05, 0) is 34.1 Å². The second kappa shape index (κ2) is 2.98. The highest BCUT2D eigenvalue weighted by molar-refractivity contribution is 4.82. The van der Waals surface area contributed by atoms with Crippen LogP contribution in [0, 0.1) is 0 Å². The van der Waals surface area contributed by atoms with Crippen LogP contribution in [0.3, 0.4) is 0 Å². The van der Waals surface area contributed by atoms with Crippen LogP contribution in [0.2, 0.25) is 0 Å². The summed E-state index contributed by atoms with van der Waals surface area (Å²) in [6, 6.07) is 0. The lowest BCUT2D eigenvalue weighted by Crippen LogP contribution is -2.49. The Hall–Kier alpha value is -0.120. The Bertz CT molecular complexity index is 154. The fraction of sp³-hybridized carbons (Fsp3) is 1.00. The second-order valence-corrected chi connectivity index (χ2v) is 4.30. The standard InChI is InChI=1S/C9H18O3/c1-8(2,10)7-5-6-11-9(3,4)12-7/h7,10H,5-6H2,1-4H3/t7-/m1/s1. The molecule has 1 N–H and O–H groups in total. The van der Waals surface area contributed by atoms with Gasteiger partial charge in [0.25, 0.3) is 0 Å². The number of hydrogen-bond acceptors (Lipinski definition) is 3. The van der Waals surface area contributed by atoms with Crippen molar-refractivity contribution < 1.29 is 14.6 Å². The van der Waals surface area contributed by atoms with Crippen molar-refractivity contribution in [3.05, 3.63) is 0 Å². The van der Waals surface area contributed by atoms with Crippen LogP contribution in [0.15, 0.2) is 0 Å². The molecule has 1 aliphatic heterocycles. The number of ether oxygens (including phenoxy) is 2. The third-order valence-corrected chi connectivity index (χ3v) is 2.04. The van der Waals surface area contributed by atoms with Crippen molar-refractivity contribution >= 4 is 0 Å². The van der Waals surface area contributed by atoms with E-state index in [2.05, 4.69) is 0 Å². The summed E-state index contributed by atoms with van der Waals surface area (Å²) in [7, 11) is 0. The SMILES string of the molecule is CC1(C)OCC[C@H](C(C)(C)O)O1. The summed E-state index contributed by atoms with van der Waals surface area (Å²) in [5.74, 6) is -0.553. The molecule has 1 aliphatic rings. The van der Waals surface area contributed by atoms with Crippen LogP contribution in [0.25, 0.3) is 0 Å². The van der Waals surface area contributed by atoms with Gasteiger partial charge in [0.05, 0.1) is 18.3 Å². The highest BCUT2D eigenvalue weighted by Gasteiger charge is 2.37. The van der Waals surface area contributed by atoms with Crippen LogP contribution in [0.5, 0.6) is 0 Å². The van der Waals surface area contributed by atoms with E-state index in [0.29, 0.717) is 6.61 Å². The van der Waals surface area contributed by atoms with Gasteiger partial charge < -0.3 is 14.6 Å². The lowest BCUT2D eigenvalue weighted by Gasteiger charge is -2.40. The fourth-order valence-corrected chi connectivity index (χ4v) is 1.34. The van der Waals surface area contributed by atoms with Crippen molar-refractivity contribution in [3.63, 3.8) is 0 Å². The molecule has 0 spiro atoms. The molecule has 0 saturated carbocycles.